The van der Waals surface area contributed by atoms with Crippen LogP contribution in [-0.2, 0) is 23.8 Å². The minimum Gasteiger partial charge on any atom is -0.484 e. The van der Waals surface area contributed by atoms with E-state index in [1.807, 2.05) is 13.8 Å². The van der Waals surface area contributed by atoms with Crippen LogP contribution in [0.25, 0.3) is 11.3 Å². The summed E-state index contributed by atoms with van der Waals surface area (Å²) >= 11 is 0. The van der Waals surface area contributed by atoms with E-state index in [2.05, 4.69) is 25.8 Å². The molecule has 0 amide bonds. The van der Waals surface area contributed by atoms with Gasteiger partial charge >= 0.3 is 17.6 Å². The average Bonchev–Trinajstić information content (AvgIpc) is 2.92. The average molecular weight is 598 g/mol. The number of carbonyl (C=O) groups is 2. The molecule has 234 valence electrons. The molecule has 0 aromatic carbocycles. The van der Waals surface area contributed by atoms with E-state index < -0.39 is 58.2 Å². The molecule has 5 rings (SSSR count). The number of aliphatic hydroxyl groups is 1. The van der Waals surface area contributed by atoms with Gasteiger partial charge in [0.05, 0.1) is 12.2 Å². The molecule has 1 aliphatic heterocycles. The zero-order valence-corrected chi connectivity index (χ0v) is 26.0. The third-order valence-corrected chi connectivity index (χ3v) is 10.1. The van der Waals surface area contributed by atoms with E-state index in [-0.39, 0.29) is 29.8 Å². The van der Waals surface area contributed by atoms with Crippen LogP contribution in [0.2, 0.25) is 0 Å². The largest absolute Gasteiger partial charge is 0.484 e. The highest BCUT2D eigenvalue weighted by Crippen LogP contribution is 2.67. The summed E-state index contributed by atoms with van der Waals surface area (Å²) in [5.41, 5.74) is -2.43. The van der Waals surface area contributed by atoms with E-state index in [4.69, 9.17) is 23.4 Å². The first-order valence-electron chi connectivity index (χ1n) is 15.1. The third-order valence-electron chi connectivity index (χ3n) is 10.1. The molecule has 8 atom stereocenters. The molecule has 1 N–H and O–H groups in total. The number of aromatic nitrogens is 1. The van der Waals surface area contributed by atoms with Gasteiger partial charge < -0.3 is 28.5 Å². The molecular formula is C33H43NO9. The maximum atomic E-state index is 13.5. The van der Waals surface area contributed by atoms with Gasteiger partial charge in [-0.2, -0.15) is 0 Å². The van der Waals surface area contributed by atoms with Crippen molar-refractivity contribution in [2.45, 2.75) is 91.6 Å². The molecule has 2 aromatic rings. The van der Waals surface area contributed by atoms with Gasteiger partial charge in [-0.3, -0.25) is 14.6 Å². The molecule has 2 aliphatic carbocycles. The second-order valence-corrected chi connectivity index (χ2v) is 13.6. The van der Waals surface area contributed by atoms with Crippen molar-refractivity contribution in [3.8, 4) is 17.1 Å². The summed E-state index contributed by atoms with van der Waals surface area (Å²) < 4.78 is 30.6. The van der Waals surface area contributed by atoms with Crippen LogP contribution < -0.4 is 10.4 Å². The molecule has 0 radical (unpaired) electrons. The summed E-state index contributed by atoms with van der Waals surface area (Å²) in [5, 5.41) is 12.2. The van der Waals surface area contributed by atoms with Gasteiger partial charge in [-0.15, -0.1) is 0 Å². The van der Waals surface area contributed by atoms with Crippen molar-refractivity contribution in [2.75, 3.05) is 13.2 Å². The first-order valence-corrected chi connectivity index (χ1v) is 15.1. The number of esters is 2. The fraction of sp³-hybridized carbons (Fsp3) is 0.636. The molecule has 0 unspecified atom stereocenters. The van der Waals surface area contributed by atoms with Crippen LogP contribution in [0.15, 0.2) is 39.8 Å². The lowest BCUT2D eigenvalue weighted by molar-refractivity contribution is -0.275. The van der Waals surface area contributed by atoms with Crippen LogP contribution in [0.5, 0.6) is 5.75 Å². The van der Waals surface area contributed by atoms with Crippen LogP contribution in [0.3, 0.4) is 0 Å². The third kappa shape index (κ3) is 5.37. The summed E-state index contributed by atoms with van der Waals surface area (Å²) in [6, 6.07) is 5.18. The number of ether oxygens (including phenoxy) is 4. The van der Waals surface area contributed by atoms with Crippen LogP contribution >= 0.6 is 0 Å². The fourth-order valence-electron chi connectivity index (χ4n) is 8.21. The Kier molecular flexibility index (Phi) is 8.24. The first-order chi connectivity index (χ1) is 20.2. The second kappa shape index (κ2) is 11.4. The van der Waals surface area contributed by atoms with Crippen LogP contribution in [-0.4, -0.2) is 53.1 Å². The minimum absolute atomic E-state index is 0.0328. The SMILES string of the molecule is CC(=O)OC[C@@]1(C)[C@@H]2C[C@H](OCC(C)C)[C@@]3(C)Oc4cc(-c5cccnc5)oc(=O)c4[C@H](O)[C@@H]3[C@@]2(C)CC[C@@H]1OC(C)=O. The van der Waals surface area contributed by atoms with Crippen molar-refractivity contribution in [3.63, 3.8) is 0 Å². The molecule has 3 aliphatic rings. The van der Waals surface area contributed by atoms with Gasteiger partial charge in [-0.1, -0.05) is 27.7 Å². The van der Waals surface area contributed by atoms with Crippen molar-refractivity contribution >= 4 is 11.9 Å². The lowest BCUT2D eigenvalue weighted by Gasteiger charge is -2.66. The molecule has 10 nitrogen and oxygen atoms in total. The molecule has 2 aromatic heterocycles. The van der Waals surface area contributed by atoms with E-state index in [0.717, 1.165) is 0 Å². The van der Waals surface area contributed by atoms with Crippen molar-refractivity contribution in [3.05, 3.63) is 46.6 Å². The molecular weight excluding hydrogens is 554 g/mol. The number of pyridine rings is 1. The Morgan fingerprint density at radius 3 is 2.53 bits per heavy atom. The van der Waals surface area contributed by atoms with Crippen LogP contribution in [0.1, 0.15) is 79.4 Å². The number of nitrogens with zero attached hydrogens (tertiary/aromatic N) is 1. The molecule has 43 heavy (non-hydrogen) atoms. The van der Waals surface area contributed by atoms with Gasteiger partial charge in [0.25, 0.3) is 0 Å². The summed E-state index contributed by atoms with van der Waals surface area (Å²) in [4.78, 5) is 41.8. The number of fused-ring (bicyclic) bond motifs is 4. The van der Waals surface area contributed by atoms with Gasteiger partial charge in [-0.05, 0) is 55.6 Å². The number of hydrogen-bond acceptors (Lipinski definition) is 10. The maximum absolute atomic E-state index is 13.5. The Balaban J connectivity index is 1.65. The molecule has 0 spiro atoms. The van der Waals surface area contributed by atoms with E-state index in [0.29, 0.717) is 37.2 Å². The highest BCUT2D eigenvalue weighted by Gasteiger charge is 2.70. The van der Waals surface area contributed by atoms with Crippen molar-refractivity contribution in [1.29, 1.82) is 0 Å². The van der Waals surface area contributed by atoms with Gasteiger partial charge in [0, 0.05) is 55.8 Å². The van der Waals surface area contributed by atoms with Gasteiger partial charge in [0.2, 0.25) is 0 Å². The molecule has 3 heterocycles. The number of rotatable bonds is 7. The Morgan fingerprint density at radius 1 is 1.16 bits per heavy atom. The smallest absolute Gasteiger partial charge is 0.345 e. The molecule has 2 fully saturated rings. The number of carbonyl (C=O) groups excluding carboxylic acids is 2. The Labute approximate surface area is 252 Å². The molecule has 0 saturated heterocycles. The van der Waals surface area contributed by atoms with E-state index >= 15 is 0 Å². The van der Waals surface area contributed by atoms with Gasteiger partial charge in [0.1, 0.15) is 35.4 Å². The zero-order chi connectivity index (χ0) is 31.3. The van der Waals surface area contributed by atoms with Crippen LogP contribution in [0, 0.1) is 28.6 Å². The number of hydrogen-bond donors (Lipinski definition) is 1. The summed E-state index contributed by atoms with van der Waals surface area (Å²) in [5.74, 6) is -0.875. The highest BCUT2D eigenvalue weighted by atomic mass is 16.6. The maximum Gasteiger partial charge on any atom is 0.345 e. The second-order valence-electron chi connectivity index (χ2n) is 13.6. The van der Waals surface area contributed by atoms with Gasteiger partial charge in [-0.25, -0.2) is 4.79 Å². The van der Waals surface area contributed by atoms with E-state index in [1.165, 1.54) is 13.8 Å². The Morgan fingerprint density at radius 2 is 1.91 bits per heavy atom. The predicted molar refractivity (Wildman–Crippen MR) is 156 cm³/mol. The summed E-state index contributed by atoms with van der Waals surface area (Å²) in [6.07, 6.45) is 2.56. The highest BCUT2D eigenvalue weighted by molar-refractivity contribution is 5.67. The summed E-state index contributed by atoms with van der Waals surface area (Å²) in [6.45, 7) is 13.4. The zero-order valence-electron chi connectivity index (χ0n) is 26.0. The van der Waals surface area contributed by atoms with Crippen molar-refractivity contribution < 1.29 is 38.1 Å². The summed E-state index contributed by atoms with van der Waals surface area (Å²) in [7, 11) is 0. The Bertz CT molecular complexity index is 1420. The van der Waals surface area contributed by atoms with Crippen molar-refractivity contribution in [1.82, 2.24) is 4.98 Å². The molecule has 2 saturated carbocycles. The molecule has 10 heteroatoms. The normalized spacial score (nSPS) is 34.8. The molecule has 0 bridgehead atoms. The predicted octanol–water partition coefficient (Wildman–Crippen LogP) is 4.86. The fourth-order valence-corrected chi connectivity index (χ4v) is 8.21. The van der Waals surface area contributed by atoms with Crippen molar-refractivity contribution in [2.24, 2.45) is 28.6 Å². The number of aliphatic hydroxyl groups excluding tert-OH is 1. The Hall–Kier alpha value is -3.24. The van der Waals surface area contributed by atoms with E-state index in [1.54, 1.807) is 30.6 Å². The van der Waals surface area contributed by atoms with E-state index in [9.17, 15) is 19.5 Å². The lowest BCUT2D eigenvalue weighted by atomic mass is 9.42. The first kappa shape index (κ1) is 31.2. The minimum atomic E-state index is -1.23. The standard InChI is InChI=1S/C33H43NO9/c1-18(2)16-39-26-14-24-31(5,11-10-25(41-20(4)36)32(24,6)17-40-19(3)35)29-28(37)27-23(43-33(26,29)7)13-22(42-30(27)38)21-9-8-12-34-15-21/h8-9,12-13,15,18,24-26,28-29,37H,10-11,14,16-17H2,1-7H3/t24-,25+,26+,28+,29-,31+,32+,33-/m1/s1. The monoisotopic (exact) mass is 597 g/mol. The lowest BCUT2D eigenvalue weighted by Crippen LogP contribution is -2.71. The van der Waals surface area contributed by atoms with Gasteiger partial charge in [0.15, 0.2) is 0 Å². The topological polar surface area (TPSA) is 134 Å². The quantitative estimate of drug-likeness (QED) is 0.441. The van der Waals surface area contributed by atoms with Crippen LogP contribution in [0.4, 0.5) is 0 Å².